The van der Waals surface area contributed by atoms with Crippen LogP contribution in [-0.4, -0.2) is 31.1 Å². The monoisotopic (exact) mass is 450 g/mol. The topological polar surface area (TPSA) is 117 Å². The Morgan fingerprint density at radius 1 is 1.22 bits per heavy atom. The number of nitrogens with zero attached hydrogens (tertiary/aromatic N) is 2. The maximum absolute atomic E-state index is 14.0. The smallest absolute Gasteiger partial charge is 0.329 e. The Morgan fingerprint density at radius 3 is 2.53 bits per heavy atom. The first-order chi connectivity index (χ1) is 14.9. The fourth-order valence-electron chi connectivity index (χ4n) is 3.38. The number of H-pyrrole nitrogens is 1. The number of benzene rings is 1. The van der Waals surface area contributed by atoms with Crippen molar-refractivity contribution in [3.8, 4) is 0 Å². The van der Waals surface area contributed by atoms with Crippen molar-refractivity contribution in [3.63, 3.8) is 0 Å². The lowest BCUT2D eigenvalue weighted by Crippen LogP contribution is -2.47. The number of amides is 1. The van der Waals surface area contributed by atoms with Crippen molar-refractivity contribution in [3.05, 3.63) is 74.4 Å². The van der Waals surface area contributed by atoms with Crippen molar-refractivity contribution in [2.45, 2.75) is 44.9 Å². The molecule has 2 atom stereocenters. The van der Waals surface area contributed by atoms with Crippen LogP contribution in [0, 0.1) is 17.5 Å². The number of rotatable bonds is 6. The third kappa shape index (κ3) is 4.88. The third-order valence-corrected chi connectivity index (χ3v) is 4.80. The van der Waals surface area contributed by atoms with Gasteiger partial charge in [0.15, 0.2) is 0 Å². The minimum atomic E-state index is -1.52. The van der Waals surface area contributed by atoms with E-state index in [9.17, 15) is 32.7 Å². The molecule has 3 N–H and O–H groups in total. The normalized spacial score (nSPS) is 13.7. The zero-order valence-corrected chi connectivity index (χ0v) is 17.4. The highest BCUT2D eigenvalue weighted by Gasteiger charge is 2.32. The molecule has 11 heteroatoms. The average Bonchev–Trinajstić information content (AvgIpc) is 2.66. The summed E-state index contributed by atoms with van der Waals surface area (Å²) in [6.45, 7) is 4.13. The fraction of sp³-hybridized carbons (Fsp3) is 0.333. The van der Waals surface area contributed by atoms with Gasteiger partial charge in [-0.05, 0) is 39.0 Å². The van der Waals surface area contributed by atoms with E-state index in [2.05, 4.69) is 15.3 Å². The Morgan fingerprint density at radius 2 is 1.91 bits per heavy atom. The van der Waals surface area contributed by atoms with Crippen LogP contribution in [0.5, 0.6) is 0 Å². The summed E-state index contributed by atoms with van der Waals surface area (Å²) in [5.41, 5.74) is -3.56. The number of pyridine rings is 1. The molecular weight excluding hydrogens is 429 g/mol. The van der Waals surface area contributed by atoms with Crippen molar-refractivity contribution in [2.24, 2.45) is 0 Å². The molecule has 3 rings (SSSR count). The number of halogens is 3. The van der Waals surface area contributed by atoms with E-state index in [1.165, 1.54) is 26.8 Å². The van der Waals surface area contributed by atoms with Gasteiger partial charge in [-0.15, -0.1) is 0 Å². The van der Waals surface area contributed by atoms with Gasteiger partial charge in [0.25, 0.3) is 5.56 Å². The molecule has 2 aromatic heterocycles. The molecule has 8 nitrogen and oxygen atoms in total. The van der Waals surface area contributed by atoms with Crippen LogP contribution in [0.2, 0.25) is 0 Å². The molecule has 32 heavy (non-hydrogen) atoms. The fourth-order valence-corrected chi connectivity index (χ4v) is 3.38. The van der Waals surface area contributed by atoms with Crippen molar-refractivity contribution in [1.82, 2.24) is 19.9 Å². The van der Waals surface area contributed by atoms with E-state index < -0.39 is 52.3 Å². The Labute approximate surface area is 179 Å². The molecule has 0 bridgehead atoms. The zero-order chi connectivity index (χ0) is 23.8. The van der Waals surface area contributed by atoms with Crippen LogP contribution in [0.4, 0.5) is 13.2 Å². The second-order valence-electron chi connectivity index (χ2n) is 8.08. The zero-order valence-electron chi connectivity index (χ0n) is 17.4. The van der Waals surface area contributed by atoms with E-state index >= 15 is 0 Å². The number of hydrogen-bond donors (Lipinski definition) is 3. The Hall–Kier alpha value is -3.47. The lowest BCUT2D eigenvalue weighted by Gasteiger charge is -2.26. The SMILES string of the molecule is C[C@@H](NC(=O)C(CC(C)(C)O)n1c(=O)[nH]c2ccc(F)cc2c1=O)c1ncc(F)cc1F. The first-order valence-corrected chi connectivity index (χ1v) is 9.65. The van der Waals surface area contributed by atoms with E-state index in [1.54, 1.807) is 0 Å². The number of aromatic amines is 1. The maximum atomic E-state index is 14.0. The quantitative estimate of drug-likeness (QED) is 0.532. The Bertz CT molecular complexity index is 1300. The van der Waals surface area contributed by atoms with Crippen molar-refractivity contribution >= 4 is 16.8 Å². The minimum Gasteiger partial charge on any atom is -0.390 e. The summed E-state index contributed by atoms with van der Waals surface area (Å²) in [6.07, 6.45) is 0.414. The molecule has 1 aromatic carbocycles. The van der Waals surface area contributed by atoms with Gasteiger partial charge in [0.2, 0.25) is 5.91 Å². The standard InChI is InChI=1S/C21H21F3N4O4/c1-10(17-14(24)7-12(23)9-25-17)26-18(29)16(8-21(2,3)32)28-19(30)13-6-11(22)4-5-15(13)27-20(28)31/h4-7,9-10,16,32H,8H2,1-3H3,(H,26,29)(H,27,31)/t10-,16?/m1/s1. The van der Waals surface area contributed by atoms with Crippen LogP contribution >= 0.6 is 0 Å². The van der Waals surface area contributed by atoms with E-state index in [0.29, 0.717) is 10.6 Å². The van der Waals surface area contributed by atoms with Crippen LogP contribution in [0.15, 0.2) is 40.1 Å². The second kappa shape index (κ2) is 8.58. The van der Waals surface area contributed by atoms with Gasteiger partial charge in [-0.2, -0.15) is 0 Å². The summed E-state index contributed by atoms with van der Waals surface area (Å²) in [5, 5.41) is 12.5. The molecule has 1 amide bonds. The molecule has 0 saturated carbocycles. The van der Waals surface area contributed by atoms with Crippen molar-refractivity contribution < 1.29 is 23.1 Å². The van der Waals surface area contributed by atoms with E-state index in [-0.39, 0.29) is 23.0 Å². The predicted molar refractivity (Wildman–Crippen MR) is 109 cm³/mol. The summed E-state index contributed by atoms with van der Waals surface area (Å²) in [5.74, 6) is -3.50. The van der Waals surface area contributed by atoms with Crippen LogP contribution in [0.1, 0.15) is 45.0 Å². The molecule has 2 heterocycles. The van der Waals surface area contributed by atoms with Crippen LogP contribution in [-0.2, 0) is 4.79 Å². The molecule has 0 aliphatic carbocycles. The molecule has 0 aliphatic heterocycles. The molecule has 0 saturated heterocycles. The molecule has 0 spiro atoms. The van der Waals surface area contributed by atoms with Gasteiger partial charge in [0.1, 0.15) is 23.5 Å². The highest BCUT2D eigenvalue weighted by atomic mass is 19.1. The highest BCUT2D eigenvalue weighted by molar-refractivity contribution is 5.82. The van der Waals surface area contributed by atoms with Crippen LogP contribution in [0.25, 0.3) is 10.9 Å². The first kappa shape index (κ1) is 23.2. The summed E-state index contributed by atoms with van der Waals surface area (Å²) >= 11 is 0. The van der Waals surface area contributed by atoms with E-state index in [4.69, 9.17) is 0 Å². The largest absolute Gasteiger partial charge is 0.390 e. The van der Waals surface area contributed by atoms with Crippen molar-refractivity contribution in [2.75, 3.05) is 0 Å². The van der Waals surface area contributed by atoms with Gasteiger partial charge in [0.05, 0.1) is 34.4 Å². The van der Waals surface area contributed by atoms with Crippen LogP contribution < -0.4 is 16.6 Å². The molecule has 0 radical (unpaired) electrons. The van der Waals surface area contributed by atoms with Crippen LogP contribution in [0.3, 0.4) is 0 Å². The number of aromatic nitrogens is 3. The van der Waals surface area contributed by atoms with Gasteiger partial charge in [-0.1, -0.05) is 0 Å². The molecule has 3 aromatic rings. The summed E-state index contributed by atoms with van der Waals surface area (Å²) in [4.78, 5) is 44.7. The Balaban J connectivity index is 2.06. The molecule has 0 aliphatic rings. The first-order valence-electron chi connectivity index (χ1n) is 9.65. The lowest BCUT2D eigenvalue weighted by molar-refractivity contribution is -0.127. The van der Waals surface area contributed by atoms with Gasteiger partial charge >= 0.3 is 5.69 Å². The van der Waals surface area contributed by atoms with Gasteiger partial charge in [-0.25, -0.2) is 22.5 Å². The number of carbonyl (C=O) groups is 1. The summed E-state index contributed by atoms with van der Waals surface area (Å²) < 4.78 is 41.4. The maximum Gasteiger partial charge on any atom is 0.329 e. The molecule has 170 valence electrons. The number of aliphatic hydroxyl groups is 1. The number of nitrogens with one attached hydrogen (secondary N) is 2. The average molecular weight is 450 g/mol. The lowest BCUT2D eigenvalue weighted by atomic mass is 9.97. The number of carbonyl (C=O) groups excluding carboxylic acids is 1. The molecular formula is C21H21F3N4O4. The highest BCUT2D eigenvalue weighted by Crippen LogP contribution is 2.22. The minimum absolute atomic E-state index is 0.0750. The van der Waals surface area contributed by atoms with Crippen molar-refractivity contribution in [1.29, 1.82) is 0 Å². The molecule has 1 unspecified atom stereocenters. The van der Waals surface area contributed by atoms with Gasteiger partial charge in [0, 0.05) is 12.5 Å². The van der Waals surface area contributed by atoms with E-state index in [0.717, 1.165) is 18.3 Å². The third-order valence-electron chi connectivity index (χ3n) is 4.80. The van der Waals surface area contributed by atoms with Gasteiger partial charge < -0.3 is 15.4 Å². The van der Waals surface area contributed by atoms with Gasteiger partial charge in [-0.3, -0.25) is 14.6 Å². The predicted octanol–water partition coefficient (Wildman–Crippen LogP) is 2.08. The Kier molecular flexibility index (Phi) is 6.22. The number of hydrogen-bond acceptors (Lipinski definition) is 5. The van der Waals surface area contributed by atoms with E-state index in [1.807, 2.05) is 0 Å². The summed E-state index contributed by atoms with van der Waals surface area (Å²) in [7, 11) is 0. The molecule has 0 fully saturated rings. The number of fused-ring (bicyclic) bond motifs is 1. The second-order valence-corrected chi connectivity index (χ2v) is 8.08. The summed E-state index contributed by atoms with van der Waals surface area (Å²) in [6, 6.07) is 1.23.